The van der Waals surface area contributed by atoms with Crippen LogP contribution in [0.4, 0.5) is 0 Å². The summed E-state index contributed by atoms with van der Waals surface area (Å²) in [5, 5.41) is 4.99. The molecule has 2 N–H and O–H groups in total. The Morgan fingerprint density at radius 1 is 1.12 bits per heavy atom. The fourth-order valence-corrected chi connectivity index (χ4v) is 2.02. The van der Waals surface area contributed by atoms with E-state index < -0.39 is 18.1 Å². The Bertz CT molecular complexity index is 530. The number of primary sulfonamides is 1. The summed E-state index contributed by atoms with van der Waals surface area (Å²) >= 11 is 0. The molecule has 0 aliphatic heterocycles. The van der Waals surface area contributed by atoms with Crippen molar-refractivity contribution in [3.63, 3.8) is 0 Å². The van der Waals surface area contributed by atoms with Crippen molar-refractivity contribution in [2.75, 3.05) is 0 Å². The third kappa shape index (κ3) is 4.19. The van der Waals surface area contributed by atoms with Gasteiger partial charge in [-0.25, -0.2) is 13.6 Å². The Kier molecular flexibility index (Phi) is 3.58. The Morgan fingerprint density at radius 2 is 1.62 bits per heavy atom. The van der Waals surface area contributed by atoms with E-state index in [0.29, 0.717) is 0 Å². The van der Waals surface area contributed by atoms with Crippen molar-refractivity contribution in [1.29, 1.82) is 0 Å². The van der Waals surface area contributed by atoms with Gasteiger partial charge in [0.1, 0.15) is 8.07 Å². The van der Waals surface area contributed by atoms with Gasteiger partial charge in [-0.15, -0.1) is 5.54 Å². The summed E-state index contributed by atoms with van der Waals surface area (Å²) in [6.07, 6.45) is 0. The van der Waals surface area contributed by atoms with E-state index in [4.69, 9.17) is 5.14 Å². The molecule has 0 atom stereocenters. The minimum Gasteiger partial charge on any atom is -0.225 e. The van der Waals surface area contributed by atoms with Crippen LogP contribution in [0.15, 0.2) is 29.2 Å². The van der Waals surface area contributed by atoms with Gasteiger partial charge < -0.3 is 0 Å². The molecule has 0 amide bonds. The molecular formula is C11H15NO2SSi. The van der Waals surface area contributed by atoms with E-state index in [9.17, 15) is 8.42 Å². The highest BCUT2D eigenvalue weighted by molar-refractivity contribution is 7.89. The monoisotopic (exact) mass is 253 g/mol. The highest BCUT2D eigenvalue weighted by Gasteiger charge is 2.08. The first kappa shape index (κ1) is 13.0. The highest BCUT2D eigenvalue weighted by atomic mass is 32.2. The van der Waals surface area contributed by atoms with Crippen LogP contribution in [-0.2, 0) is 10.0 Å². The summed E-state index contributed by atoms with van der Waals surface area (Å²) in [5.74, 6) is 3.04. The molecule has 0 saturated heterocycles. The molecule has 0 radical (unpaired) electrons. The summed E-state index contributed by atoms with van der Waals surface area (Å²) in [4.78, 5) is 0.117. The third-order valence-corrected chi connectivity index (χ3v) is 3.57. The maximum absolute atomic E-state index is 11.0. The quantitative estimate of drug-likeness (QED) is 0.610. The van der Waals surface area contributed by atoms with Gasteiger partial charge >= 0.3 is 0 Å². The van der Waals surface area contributed by atoms with Crippen molar-refractivity contribution in [2.24, 2.45) is 5.14 Å². The van der Waals surface area contributed by atoms with Crippen molar-refractivity contribution < 1.29 is 8.42 Å². The molecule has 16 heavy (non-hydrogen) atoms. The second-order valence-corrected chi connectivity index (χ2v) is 10.9. The molecule has 0 fully saturated rings. The van der Waals surface area contributed by atoms with Gasteiger partial charge in [0.25, 0.3) is 0 Å². The van der Waals surface area contributed by atoms with Gasteiger partial charge in [0.05, 0.1) is 4.90 Å². The van der Waals surface area contributed by atoms with Gasteiger partial charge in [0.2, 0.25) is 10.0 Å². The average molecular weight is 253 g/mol. The number of rotatable bonds is 1. The number of hydrogen-bond donors (Lipinski definition) is 1. The minimum atomic E-state index is -3.60. The predicted molar refractivity (Wildman–Crippen MR) is 68.0 cm³/mol. The van der Waals surface area contributed by atoms with Crippen LogP contribution in [0, 0.1) is 11.5 Å². The van der Waals surface area contributed by atoms with Crippen LogP contribution in [-0.4, -0.2) is 16.5 Å². The Hall–Kier alpha value is -1.09. The zero-order valence-corrected chi connectivity index (χ0v) is 11.4. The van der Waals surface area contributed by atoms with E-state index >= 15 is 0 Å². The lowest BCUT2D eigenvalue weighted by atomic mass is 10.2. The highest BCUT2D eigenvalue weighted by Crippen LogP contribution is 2.08. The lowest BCUT2D eigenvalue weighted by Crippen LogP contribution is -2.16. The molecule has 0 aromatic heterocycles. The molecule has 0 aliphatic carbocycles. The topological polar surface area (TPSA) is 60.2 Å². The zero-order valence-electron chi connectivity index (χ0n) is 9.61. The first-order valence-electron chi connectivity index (χ1n) is 4.84. The fourth-order valence-electron chi connectivity index (χ4n) is 0.988. The largest absolute Gasteiger partial charge is 0.238 e. The minimum absolute atomic E-state index is 0.117. The van der Waals surface area contributed by atoms with E-state index in [2.05, 4.69) is 31.1 Å². The van der Waals surface area contributed by atoms with Gasteiger partial charge in [-0.2, -0.15) is 0 Å². The maximum Gasteiger partial charge on any atom is 0.238 e. The summed E-state index contributed by atoms with van der Waals surface area (Å²) in [7, 11) is -5.00. The Morgan fingerprint density at radius 3 is 2.00 bits per heavy atom. The molecule has 1 aromatic rings. The molecule has 0 unspecified atom stereocenters. The standard InChI is InChI=1S/C11H15NO2SSi/c1-16(2,3)9-8-10-4-6-11(7-5-10)15(12,13)14/h4-7H,1-3H3,(H2,12,13,14). The summed E-state index contributed by atoms with van der Waals surface area (Å²) in [6, 6.07) is 6.30. The summed E-state index contributed by atoms with van der Waals surface area (Å²) < 4.78 is 22.0. The smallest absolute Gasteiger partial charge is 0.225 e. The van der Waals surface area contributed by atoms with E-state index in [1.165, 1.54) is 12.1 Å². The Balaban J connectivity index is 3.00. The molecule has 5 heteroatoms. The first-order chi connectivity index (χ1) is 7.18. The van der Waals surface area contributed by atoms with Gasteiger partial charge in [0, 0.05) is 5.56 Å². The number of benzene rings is 1. The van der Waals surface area contributed by atoms with Crippen molar-refractivity contribution >= 4 is 18.1 Å². The van der Waals surface area contributed by atoms with E-state index in [1.807, 2.05) is 0 Å². The van der Waals surface area contributed by atoms with Crippen LogP contribution < -0.4 is 5.14 Å². The molecule has 0 saturated carbocycles. The predicted octanol–water partition coefficient (Wildman–Crippen LogP) is 1.56. The molecule has 0 heterocycles. The van der Waals surface area contributed by atoms with E-state index in [1.54, 1.807) is 12.1 Å². The van der Waals surface area contributed by atoms with Gasteiger partial charge in [-0.1, -0.05) is 25.6 Å². The second-order valence-electron chi connectivity index (χ2n) is 4.57. The van der Waals surface area contributed by atoms with Crippen LogP contribution in [0.5, 0.6) is 0 Å². The van der Waals surface area contributed by atoms with Crippen LogP contribution in [0.25, 0.3) is 0 Å². The molecule has 1 aromatic carbocycles. The van der Waals surface area contributed by atoms with Crippen LogP contribution in [0.2, 0.25) is 19.6 Å². The summed E-state index contributed by atoms with van der Waals surface area (Å²) in [5.41, 5.74) is 4.02. The second kappa shape index (κ2) is 4.42. The van der Waals surface area contributed by atoms with Gasteiger partial charge in [-0.05, 0) is 24.3 Å². The molecular weight excluding hydrogens is 238 g/mol. The molecule has 1 rings (SSSR count). The molecule has 86 valence electrons. The van der Waals surface area contributed by atoms with Crippen molar-refractivity contribution in [1.82, 2.24) is 0 Å². The van der Waals surface area contributed by atoms with Gasteiger partial charge in [0.15, 0.2) is 0 Å². The van der Waals surface area contributed by atoms with Gasteiger partial charge in [-0.3, -0.25) is 0 Å². The molecule has 3 nitrogen and oxygen atoms in total. The lowest BCUT2D eigenvalue weighted by Gasteiger charge is -2.03. The van der Waals surface area contributed by atoms with Crippen molar-refractivity contribution in [3.8, 4) is 11.5 Å². The van der Waals surface area contributed by atoms with Crippen LogP contribution in [0.1, 0.15) is 5.56 Å². The number of sulfonamides is 1. The normalized spacial score (nSPS) is 11.8. The first-order valence-corrected chi connectivity index (χ1v) is 9.89. The van der Waals surface area contributed by atoms with Crippen LogP contribution in [0.3, 0.4) is 0 Å². The fraction of sp³-hybridized carbons (Fsp3) is 0.273. The van der Waals surface area contributed by atoms with E-state index in [-0.39, 0.29) is 4.90 Å². The molecule has 0 bridgehead atoms. The van der Waals surface area contributed by atoms with Crippen molar-refractivity contribution in [3.05, 3.63) is 29.8 Å². The lowest BCUT2D eigenvalue weighted by molar-refractivity contribution is 0.598. The number of hydrogen-bond acceptors (Lipinski definition) is 2. The summed E-state index contributed by atoms with van der Waals surface area (Å²) in [6.45, 7) is 6.45. The Labute approximate surface area is 97.7 Å². The molecule has 0 spiro atoms. The maximum atomic E-state index is 11.0. The van der Waals surface area contributed by atoms with E-state index in [0.717, 1.165) is 5.56 Å². The zero-order chi connectivity index (χ0) is 12.4. The number of nitrogens with two attached hydrogens (primary N) is 1. The third-order valence-electron chi connectivity index (χ3n) is 1.76. The van der Waals surface area contributed by atoms with Crippen LogP contribution >= 0.6 is 0 Å². The SMILES string of the molecule is C[Si](C)(C)C#Cc1ccc(S(N)(=O)=O)cc1. The molecule has 0 aliphatic rings. The average Bonchev–Trinajstić information content (AvgIpc) is 2.13. The van der Waals surface area contributed by atoms with Crippen molar-refractivity contribution in [2.45, 2.75) is 24.5 Å².